The first-order chi connectivity index (χ1) is 9.08. The molecule has 0 fully saturated rings. The molecule has 1 aromatic carbocycles. The number of hydrogen-bond acceptors (Lipinski definition) is 3. The van der Waals surface area contributed by atoms with Crippen molar-refractivity contribution in [3.8, 4) is 11.3 Å². The maximum absolute atomic E-state index is 5.72. The normalized spacial score (nSPS) is 11.6. The second-order valence-corrected chi connectivity index (χ2v) is 5.09. The number of hydrogen-bond donors (Lipinski definition) is 1. The quantitative estimate of drug-likeness (QED) is 0.762. The van der Waals surface area contributed by atoms with Crippen LogP contribution in [0.3, 0.4) is 0 Å². The van der Waals surface area contributed by atoms with E-state index in [2.05, 4.69) is 41.7 Å². The van der Waals surface area contributed by atoms with Crippen molar-refractivity contribution in [2.24, 2.45) is 7.05 Å². The molecule has 2 heterocycles. The van der Waals surface area contributed by atoms with Gasteiger partial charge in [0.1, 0.15) is 0 Å². The molecule has 0 aliphatic carbocycles. The van der Waals surface area contributed by atoms with Gasteiger partial charge in [0.15, 0.2) is 5.76 Å². The van der Waals surface area contributed by atoms with Gasteiger partial charge in [-0.1, -0.05) is 32.0 Å². The molecule has 0 atom stereocenters. The summed E-state index contributed by atoms with van der Waals surface area (Å²) in [6.07, 6.45) is 2.07. The molecule has 0 amide bonds. The Balaban J connectivity index is 2.31. The number of aryl methyl sites for hydroxylation is 1. The molecule has 4 nitrogen and oxygen atoms in total. The highest BCUT2D eigenvalue weighted by Gasteiger charge is 2.20. The lowest BCUT2D eigenvalue weighted by Crippen LogP contribution is -1.91. The second kappa shape index (κ2) is 4.16. The number of nitrogens with two attached hydrogens (primary N) is 1. The van der Waals surface area contributed by atoms with E-state index in [0.717, 1.165) is 22.4 Å². The number of oxazole rings is 1. The van der Waals surface area contributed by atoms with Gasteiger partial charge in [-0.3, -0.25) is 0 Å². The number of benzene rings is 1. The van der Waals surface area contributed by atoms with E-state index in [1.807, 2.05) is 19.2 Å². The summed E-state index contributed by atoms with van der Waals surface area (Å²) in [6.45, 7) is 4.18. The van der Waals surface area contributed by atoms with E-state index in [1.165, 1.54) is 5.52 Å². The van der Waals surface area contributed by atoms with Crippen molar-refractivity contribution >= 4 is 16.9 Å². The minimum absolute atomic E-state index is 0.228. The summed E-state index contributed by atoms with van der Waals surface area (Å²) < 4.78 is 7.73. The van der Waals surface area contributed by atoms with Gasteiger partial charge in [0, 0.05) is 29.7 Å². The highest BCUT2D eigenvalue weighted by molar-refractivity contribution is 5.95. The molecule has 2 aromatic heterocycles. The molecule has 3 aromatic rings. The van der Waals surface area contributed by atoms with Crippen molar-refractivity contribution in [3.05, 3.63) is 36.2 Å². The summed E-state index contributed by atoms with van der Waals surface area (Å²) in [5.41, 5.74) is 8.85. The van der Waals surface area contributed by atoms with Crippen LogP contribution < -0.4 is 5.73 Å². The number of nitrogens with zero attached hydrogens (tertiary/aromatic N) is 2. The lowest BCUT2D eigenvalue weighted by atomic mass is 10.0. The van der Waals surface area contributed by atoms with Crippen molar-refractivity contribution in [2.45, 2.75) is 19.8 Å². The number of rotatable bonds is 2. The summed E-state index contributed by atoms with van der Waals surface area (Å²) in [7, 11) is 2.03. The van der Waals surface area contributed by atoms with Crippen LogP contribution in [0.4, 0.5) is 6.01 Å². The van der Waals surface area contributed by atoms with E-state index < -0.39 is 0 Å². The molecular weight excluding hydrogens is 238 g/mol. The topological polar surface area (TPSA) is 57.0 Å². The molecule has 2 N–H and O–H groups in total. The van der Waals surface area contributed by atoms with Crippen LogP contribution >= 0.6 is 0 Å². The Kier molecular flexibility index (Phi) is 2.59. The second-order valence-electron chi connectivity index (χ2n) is 5.09. The van der Waals surface area contributed by atoms with Crippen LogP contribution in [-0.2, 0) is 7.05 Å². The molecule has 0 radical (unpaired) electrons. The Morgan fingerprint density at radius 3 is 2.74 bits per heavy atom. The van der Waals surface area contributed by atoms with Crippen molar-refractivity contribution in [1.82, 2.24) is 9.55 Å². The summed E-state index contributed by atoms with van der Waals surface area (Å²) in [4.78, 5) is 4.30. The maximum Gasteiger partial charge on any atom is 0.292 e. The van der Waals surface area contributed by atoms with E-state index in [1.54, 1.807) is 0 Å². The summed E-state index contributed by atoms with van der Waals surface area (Å²) in [6, 6.07) is 8.47. The summed E-state index contributed by atoms with van der Waals surface area (Å²) in [5.74, 6) is 1.05. The van der Waals surface area contributed by atoms with Crippen LogP contribution in [0.2, 0.25) is 0 Å². The molecule has 0 aliphatic rings. The molecule has 19 heavy (non-hydrogen) atoms. The lowest BCUT2D eigenvalue weighted by Gasteiger charge is -2.02. The smallest absolute Gasteiger partial charge is 0.292 e. The Hall–Kier alpha value is -2.23. The van der Waals surface area contributed by atoms with E-state index in [4.69, 9.17) is 10.2 Å². The predicted molar refractivity (Wildman–Crippen MR) is 76.9 cm³/mol. The van der Waals surface area contributed by atoms with E-state index >= 15 is 0 Å². The van der Waals surface area contributed by atoms with Crippen LogP contribution in [-0.4, -0.2) is 9.55 Å². The van der Waals surface area contributed by atoms with E-state index in [-0.39, 0.29) is 11.9 Å². The van der Waals surface area contributed by atoms with Crippen LogP contribution in [0.1, 0.15) is 25.5 Å². The van der Waals surface area contributed by atoms with Crippen LogP contribution in [0.5, 0.6) is 0 Å². The SMILES string of the molecule is CC(C)c1nc(N)oc1-c1cn(C)c2ccccc12. The largest absolute Gasteiger partial charge is 0.423 e. The first-order valence-electron chi connectivity index (χ1n) is 6.38. The van der Waals surface area contributed by atoms with Crippen molar-refractivity contribution < 1.29 is 4.42 Å². The molecule has 4 heteroatoms. The standard InChI is InChI=1S/C15H17N3O/c1-9(2)13-14(19-15(16)17-13)11-8-18(3)12-7-5-4-6-10(11)12/h4-9H,1-3H3,(H2,16,17). The molecule has 0 saturated carbocycles. The minimum Gasteiger partial charge on any atom is -0.423 e. The zero-order chi connectivity index (χ0) is 13.6. The first-order valence-corrected chi connectivity index (χ1v) is 6.38. The minimum atomic E-state index is 0.228. The average molecular weight is 255 g/mol. The fraction of sp³-hybridized carbons (Fsp3) is 0.267. The summed E-state index contributed by atoms with van der Waals surface area (Å²) in [5, 5.41) is 1.16. The Morgan fingerprint density at radius 2 is 2.00 bits per heavy atom. The molecule has 0 saturated heterocycles. The third-order valence-electron chi connectivity index (χ3n) is 3.36. The Labute approximate surface area is 111 Å². The maximum atomic E-state index is 5.72. The van der Waals surface area contributed by atoms with Gasteiger partial charge < -0.3 is 14.7 Å². The van der Waals surface area contributed by atoms with Crippen molar-refractivity contribution in [1.29, 1.82) is 0 Å². The highest BCUT2D eigenvalue weighted by atomic mass is 16.4. The van der Waals surface area contributed by atoms with Gasteiger partial charge >= 0.3 is 0 Å². The molecule has 0 spiro atoms. The van der Waals surface area contributed by atoms with Gasteiger partial charge in [0.25, 0.3) is 6.01 Å². The van der Waals surface area contributed by atoms with Crippen molar-refractivity contribution in [3.63, 3.8) is 0 Å². The number of aromatic nitrogens is 2. The van der Waals surface area contributed by atoms with Gasteiger partial charge in [0.2, 0.25) is 0 Å². The third kappa shape index (κ3) is 1.80. The fourth-order valence-corrected chi connectivity index (χ4v) is 2.46. The third-order valence-corrected chi connectivity index (χ3v) is 3.36. The average Bonchev–Trinajstić information content (AvgIpc) is 2.91. The Bertz CT molecular complexity index is 737. The number of fused-ring (bicyclic) bond motifs is 1. The van der Waals surface area contributed by atoms with Crippen LogP contribution in [0.15, 0.2) is 34.9 Å². The molecule has 0 unspecified atom stereocenters. The molecule has 3 rings (SSSR count). The number of para-hydroxylation sites is 1. The number of nitrogen functional groups attached to an aromatic ring is 1. The predicted octanol–water partition coefficient (Wildman–Crippen LogP) is 3.54. The monoisotopic (exact) mass is 255 g/mol. The fourth-order valence-electron chi connectivity index (χ4n) is 2.46. The van der Waals surface area contributed by atoms with E-state index in [0.29, 0.717) is 0 Å². The van der Waals surface area contributed by atoms with Gasteiger partial charge in [-0.15, -0.1) is 0 Å². The van der Waals surface area contributed by atoms with Crippen LogP contribution in [0.25, 0.3) is 22.2 Å². The van der Waals surface area contributed by atoms with Gasteiger partial charge in [-0.2, -0.15) is 4.98 Å². The van der Waals surface area contributed by atoms with Gasteiger partial charge in [-0.05, 0) is 12.0 Å². The van der Waals surface area contributed by atoms with E-state index in [9.17, 15) is 0 Å². The van der Waals surface area contributed by atoms with Crippen molar-refractivity contribution in [2.75, 3.05) is 5.73 Å². The molecule has 0 bridgehead atoms. The summed E-state index contributed by atoms with van der Waals surface area (Å²) >= 11 is 0. The van der Waals surface area contributed by atoms with Gasteiger partial charge in [0.05, 0.1) is 5.69 Å². The zero-order valence-corrected chi connectivity index (χ0v) is 11.3. The van der Waals surface area contributed by atoms with Crippen LogP contribution in [0, 0.1) is 0 Å². The Morgan fingerprint density at radius 1 is 1.26 bits per heavy atom. The lowest BCUT2D eigenvalue weighted by molar-refractivity contribution is 0.592. The zero-order valence-electron chi connectivity index (χ0n) is 11.3. The highest BCUT2D eigenvalue weighted by Crippen LogP contribution is 2.36. The molecule has 98 valence electrons. The molecular formula is C15H17N3O. The number of anilines is 1. The first kappa shape index (κ1) is 11.8. The van der Waals surface area contributed by atoms with Gasteiger partial charge in [-0.25, -0.2) is 0 Å². The molecule has 0 aliphatic heterocycles.